The molecule has 1 N–H and O–H groups in total. The van der Waals surface area contributed by atoms with Crippen LogP contribution in [0, 0.1) is 6.92 Å². The Balaban J connectivity index is 1.63. The number of nitrogens with zero attached hydrogens (tertiary/aromatic N) is 2. The molecule has 2 aromatic rings. The molecule has 1 amide bonds. The summed E-state index contributed by atoms with van der Waals surface area (Å²) in [6.45, 7) is 4.43. The van der Waals surface area contributed by atoms with Crippen LogP contribution in [0.2, 0.25) is 0 Å². The third-order valence-electron chi connectivity index (χ3n) is 5.97. The lowest BCUT2D eigenvalue weighted by Gasteiger charge is -2.44. The molecule has 2 fully saturated rings. The summed E-state index contributed by atoms with van der Waals surface area (Å²) in [6, 6.07) is 12.1. The fraction of sp³-hybridized carbons (Fsp3) is 0.478. The van der Waals surface area contributed by atoms with E-state index in [0.29, 0.717) is 12.8 Å². The zero-order valence-corrected chi connectivity index (χ0v) is 16.6. The zero-order chi connectivity index (χ0) is 19.4. The molecule has 1 aromatic carbocycles. The van der Waals surface area contributed by atoms with Gasteiger partial charge in [-0.3, -0.25) is 9.78 Å². The van der Waals surface area contributed by atoms with E-state index in [9.17, 15) is 4.79 Å². The molecule has 5 heteroatoms. The van der Waals surface area contributed by atoms with Crippen molar-refractivity contribution in [3.8, 4) is 5.75 Å². The van der Waals surface area contributed by atoms with Crippen LogP contribution in [0.15, 0.2) is 48.8 Å². The van der Waals surface area contributed by atoms with Crippen molar-refractivity contribution in [3.63, 3.8) is 0 Å². The predicted octanol–water partition coefficient (Wildman–Crippen LogP) is 3.64. The molecule has 1 atom stereocenters. The highest BCUT2D eigenvalue weighted by molar-refractivity contribution is 5.86. The molecule has 5 nitrogen and oxygen atoms in total. The SMILES string of the molecule is Cc1ccc(OC2(C(=O)N3CCCC[C@@H]3c3cccnc3)CCNCC2)cc1. The fourth-order valence-electron chi connectivity index (χ4n) is 4.38. The van der Waals surface area contributed by atoms with Crippen LogP contribution in [0.3, 0.4) is 0 Å². The van der Waals surface area contributed by atoms with Crippen LogP contribution in [0.25, 0.3) is 0 Å². The van der Waals surface area contributed by atoms with Crippen molar-refractivity contribution in [1.82, 2.24) is 15.2 Å². The lowest BCUT2D eigenvalue weighted by Crippen LogP contribution is -2.58. The molecule has 2 aliphatic rings. The van der Waals surface area contributed by atoms with Crippen molar-refractivity contribution >= 4 is 5.91 Å². The van der Waals surface area contributed by atoms with Crippen LogP contribution < -0.4 is 10.1 Å². The Hall–Kier alpha value is -2.40. The Morgan fingerprint density at radius 1 is 1.18 bits per heavy atom. The molecule has 28 heavy (non-hydrogen) atoms. The largest absolute Gasteiger partial charge is 0.477 e. The van der Waals surface area contributed by atoms with Crippen molar-refractivity contribution in [3.05, 3.63) is 59.9 Å². The average molecular weight is 380 g/mol. The number of likely N-dealkylation sites (tertiary alicyclic amines) is 1. The number of carbonyl (C=O) groups is 1. The number of rotatable bonds is 4. The Morgan fingerprint density at radius 3 is 2.68 bits per heavy atom. The van der Waals surface area contributed by atoms with E-state index < -0.39 is 5.60 Å². The van der Waals surface area contributed by atoms with E-state index in [2.05, 4.69) is 28.2 Å². The molecule has 1 aromatic heterocycles. The van der Waals surface area contributed by atoms with Crippen LogP contribution in [0.4, 0.5) is 0 Å². The number of hydrogen-bond acceptors (Lipinski definition) is 4. The highest BCUT2D eigenvalue weighted by atomic mass is 16.5. The minimum atomic E-state index is -0.793. The van der Waals surface area contributed by atoms with Gasteiger partial charge < -0.3 is 15.0 Å². The number of hydrogen-bond donors (Lipinski definition) is 1. The van der Waals surface area contributed by atoms with Crippen LogP contribution in [0.5, 0.6) is 5.75 Å². The number of ether oxygens (including phenoxy) is 1. The second-order valence-electron chi connectivity index (χ2n) is 7.96. The molecule has 0 bridgehead atoms. The Morgan fingerprint density at radius 2 is 1.96 bits per heavy atom. The summed E-state index contributed by atoms with van der Waals surface area (Å²) in [5, 5.41) is 3.37. The van der Waals surface area contributed by atoms with Crippen molar-refractivity contribution in [2.24, 2.45) is 0 Å². The van der Waals surface area contributed by atoms with E-state index in [-0.39, 0.29) is 11.9 Å². The maximum Gasteiger partial charge on any atom is 0.267 e. The van der Waals surface area contributed by atoms with E-state index in [1.807, 2.05) is 36.5 Å². The number of nitrogens with one attached hydrogen (secondary N) is 1. The first-order valence-electron chi connectivity index (χ1n) is 10.4. The van der Waals surface area contributed by atoms with E-state index in [1.165, 1.54) is 5.56 Å². The molecule has 0 spiro atoms. The summed E-state index contributed by atoms with van der Waals surface area (Å²) in [5.41, 5.74) is 1.51. The maximum absolute atomic E-state index is 13.9. The van der Waals surface area contributed by atoms with Gasteiger partial charge in [0.1, 0.15) is 5.75 Å². The van der Waals surface area contributed by atoms with Crippen molar-refractivity contribution in [1.29, 1.82) is 0 Å². The van der Waals surface area contributed by atoms with Gasteiger partial charge in [-0.15, -0.1) is 0 Å². The van der Waals surface area contributed by atoms with Gasteiger partial charge in [-0.1, -0.05) is 23.8 Å². The third kappa shape index (κ3) is 3.90. The molecule has 4 rings (SSSR count). The standard InChI is InChI=1S/C23H29N3O2/c1-18-7-9-20(10-8-18)28-23(11-14-24-15-12-23)22(27)26-16-3-2-6-21(26)19-5-4-13-25-17-19/h4-5,7-10,13,17,21,24H,2-3,6,11-12,14-16H2,1H3/t21-/m1/s1. The minimum Gasteiger partial charge on any atom is -0.477 e. The molecule has 0 saturated carbocycles. The van der Waals surface area contributed by atoms with Gasteiger partial charge in [0.2, 0.25) is 0 Å². The van der Waals surface area contributed by atoms with Crippen molar-refractivity contribution in [2.75, 3.05) is 19.6 Å². The van der Waals surface area contributed by atoms with Gasteiger partial charge in [-0.25, -0.2) is 0 Å². The van der Waals surface area contributed by atoms with E-state index in [0.717, 1.165) is 50.2 Å². The Bertz CT molecular complexity index is 785. The summed E-state index contributed by atoms with van der Waals surface area (Å²) in [4.78, 5) is 20.2. The number of benzene rings is 1. The first kappa shape index (κ1) is 18.9. The van der Waals surface area contributed by atoms with Gasteiger partial charge in [0, 0.05) is 31.8 Å². The summed E-state index contributed by atoms with van der Waals surface area (Å²) < 4.78 is 6.45. The van der Waals surface area contributed by atoms with Crippen LogP contribution in [0.1, 0.15) is 49.3 Å². The molecule has 148 valence electrons. The lowest BCUT2D eigenvalue weighted by molar-refractivity contribution is -0.155. The molecule has 0 unspecified atom stereocenters. The zero-order valence-electron chi connectivity index (χ0n) is 16.6. The second kappa shape index (κ2) is 8.31. The number of aryl methyl sites for hydroxylation is 1. The first-order chi connectivity index (χ1) is 13.7. The molecule has 2 aliphatic heterocycles. The second-order valence-corrected chi connectivity index (χ2v) is 7.96. The number of piperidine rings is 2. The summed E-state index contributed by atoms with van der Waals surface area (Å²) in [7, 11) is 0. The average Bonchev–Trinajstić information content (AvgIpc) is 2.76. The molecular formula is C23H29N3O2. The molecular weight excluding hydrogens is 350 g/mol. The van der Waals surface area contributed by atoms with Crippen molar-refractivity contribution in [2.45, 2.75) is 50.7 Å². The maximum atomic E-state index is 13.9. The van der Waals surface area contributed by atoms with Gasteiger partial charge in [0.05, 0.1) is 6.04 Å². The number of amides is 1. The molecule has 0 aliphatic carbocycles. The van der Waals surface area contributed by atoms with Gasteiger partial charge in [0.15, 0.2) is 5.60 Å². The molecule has 3 heterocycles. The van der Waals surface area contributed by atoms with Gasteiger partial charge in [0.25, 0.3) is 5.91 Å². The van der Waals surface area contributed by atoms with Gasteiger partial charge in [-0.05, 0) is 63.0 Å². The normalized spacial score (nSPS) is 21.9. The monoisotopic (exact) mass is 379 g/mol. The number of aromatic nitrogens is 1. The topological polar surface area (TPSA) is 54.5 Å². The fourth-order valence-corrected chi connectivity index (χ4v) is 4.38. The Kier molecular flexibility index (Phi) is 5.62. The van der Waals surface area contributed by atoms with E-state index in [1.54, 1.807) is 6.20 Å². The predicted molar refractivity (Wildman–Crippen MR) is 109 cm³/mol. The Labute approximate surface area is 167 Å². The van der Waals surface area contributed by atoms with Crippen molar-refractivity contribution < 1.29 is 9.53 Å². The van der Waals surface area contributed by atoms with Gasteiger partial charge in [-0.2, -0.15) is 0 Å². The highest BCUT2D eigenvalue weighted by Crippen LogP contribution is 2.36. The van der Waals surface area contributed by atoms with Crippen LogP contribution >= 0.6 is 0 Å². The van der Waals surface area contributed by atoms with Gasteiger partial charge >= 0.3 is 0 Å². The third-order valence-corrected chi connectivity index (χ3v) is 5.97. The summed E-state index contributed by atoms with van der Waals surface area (Å²) >= 11 is 0. The smallest absolute Gasteiger partial charge is 0.267 e. The highest BCUT2D eigenvalue weighted by Gasteiger charge is 2.46. The first-order valence-corrected chi connectivity index (χ1v) is 10.4. The van der Waals surface area contributed by atoms with E-state index in [4.69, 9.17) is 4.74 Å². The van der Waals surface area contributed by atoms with E-state index >= 15 is 0 Å². The molecule has 0 radical (unpaired) electrons. The quantitative estimate of drug-likeness (QED) is 0.881. The number of pyridine rings is 1. The lowest BCUT2D eigenvalue weighted by atomic mass is 9.87. The van der Waals surface area contributed by atoms with Crippen LogP contribution in [-0.2, 0) is 4.79 Å². The molecule has 2 saturated heterocycles. The van der Waals surface area contributed by atoms with Crippen LogP contribution in [-0.4, -0.2) is 41.0 Å². The summed E-state index contributed by atoms with van der Waals surface area (Å²) in [6.07, 6.45) is 8.22. The summed E-state index contributed by atoms with van der Waals surface area (Å²) in [5.74, 6) is 0.902. The number of carbonyl (C=O) groups excluding carboxylic acids is 1. The minimum absolute atomic E-state index is 0.0864.